The van der Waals surface area contributed by atoms with Crippen LogP contribution in [0.3, 0.4) is 0 Å². The molecule has 0 radical (unpaired) electrons. The van der Waals surface area contributed by atoms with Crippen LogP contribution in [-0.4, -0.2) is 47.7 Å². The van der Waals surface area contributed by atoms with Gasteiger partial charge in [-0.15, -0.1) is 0 Å². The third-order valence-electron chi connectivity index (χ3n) is 5.34. The summed E-state index contributed by atoms with van der Waals surface area (Å²) in [5.74, 6) is 2.31. The van der Waals surface area contributed by atoms with Crippen LogP contribution in [0, 0.1) is 17.8 Å². The average molecular weight is 302 g/mol. The molecule has 1 aromatic rings. The van der Waals surface area contributed by atoms with E-state index in [-0.39, 0.29) is 11.5 Å². The second-order valence-electron chi connectivity index (χ2n) is 6.91. The van der Waals surface area contributed by atoms with Crippen molar-refractivity contribution in [2.75, 3.05) is 26.3 Å². The van der Waals surface area contributed by atoms with Crippen LogP contribution in [0.5, 0.6) is 5.75 Å². The Morgan fingerprint density at radius 1 is 1.55 bits per heavy atom. The number of rotatable bonds is 4. The van der Waals surface area contributed by atoms with Gasteiger partial charge in [-0.3, -0.25) is 9.78 Å². The van der Waals surface area contributed by atoms with Crippen molar-refractivity contribution in [3.63, 3.8) is 0 Å². The summed E-state index contributed by atoms with van der Waals surface area (Å²) in [5.41, 5.74) is -0.171. The van der Waals surface area contributed by atoms with Gasteiger partial charge in [0.15, 0.2) is 0 Å². The summed E-state index contributed by atoms with van der Waals surface area (Å²) in [4.78, 5) is 18.3. The third-order valence-corrected chi connectivity index (χ3v) is 5.34. The molecule has 1 saturated carbocycles. The van der Waals surface area contributed by atoms with Crippen molar-refractivity contribution in [3.05, 3.63) is 24.5 Å². The fourth-order valence-corrected chi connectivity index (χ4v) is 3.66. The molecule has 2 aliphatic heterocycles. The van der Waals surface area contributed by atoms with Crippen molar-refractivity contribution in [2.24, 2.45) is 17.8 Å². The standard InChI is InChI=1S/C17H22N2O3/c1-12-7-15(12)16(20)19-10-17(11-19)13(4-6-22-17)9-21-14-3-2-5-18-8-14/h2-3,5,8,12-13,15H,4,6-7,9-11H2,1H3/t12-,13+,15+/m1/s1. The van der Waals surface area contributed by atoms with E-state index in [0.29, 0.717) is 24.3 Å². The maximum absolute atomic E-state index is 12.3. The molecule has 3 atom stereocenters. The molecule has 1 amide bonds. The molecule has 3 heterocycles. The van der Waals surface area contributed by atoms with Crippen LogP contribution < -0.4 is 4.74 Å². The lowest BCUT2D eigenvalue weighted by atomic mass is 9.81. The molecular weight excluding hydrogens is 280 g/mol. The normalized spacial score (nSPS) is 31.9. The van der Waals surface area contributed by atoms with E-state index in [0.717, 1.165) is 38.3 Å². The lowest BCUT2D eigenvalue weighted by Gasteiger charge is -2.50. The van der Waals surface area contributed by atoms with E-state index in [4.69, 9.17) is 9.47 Å². The predicted molar refractivity (Wildman–Crippen MR) is 80.4 cm³/mol. The molecule has 1 aliphatic carbocycles. The summed E-state index contributed by atoms with van der Waals surface area (Å²) in [7, 11) is 0. The fourth-order valence-electron chi connectivity index (χ4n) is 3.66. The first-order valence-corrected chi connectivity index (χ1v) is 8.13. The maximum atomic E-state index is 12.3. The quantitative estimate of drug-likeness (QED) is 0.850. The van der Waals surface area contributed by atoms with Gasteiger partial charge >= 0.3 is 0 Å². The number of carbonyl (C=O) groups is 1. The second-order valence-corrected chi connectivity index (χ2v) is 6.91. The Kier molecular flexibility index (Phi) is 3.33. The topological polar surface area (TPSA) is 51.7 Å². The highest BCUT2D eigenvalue weighted by molar-refractivity contribution is 5.82. The summed E-state index contributed by atoms with van der Waals surface area (Å²) in [6, 6.07) is 3.79. The van der Waals surface area contributed by atoms with Crippen LogP contribution in [0.4, 0.5) is 0 Å². The van der Waals surface area contributed by atoms with E-state index < -0.39 is 0 Å². The monoisotopic (exact) mass is 302 g/mol. The minimum Gasteiger partial charge on any atom is -0.492 e. The number of hydrogen-bond acceptors (Lipinski definition) is 4. The van der Waals surface area contributed by atoms with E-state index in [1.165, 1.54) is 0 Å². The van der Waals surface area contributed by atoms with Crippen molar-refractivity contribution in [2.45, 2.75) is 25.4 Å². The zero-order valence-electron chi connectivity index (χ0n) is 12.9. The summed E-state index contributed by atoms with van der Waals surface area (Å²) >= 11 is 0. The molecule has 5 heteroatoms. The first-order chi connectivity index (χ1) is 10.7. The van der Waals surface area contributed by atoms with Gasteiger partial charge in [0.2, 0.25) is 5.91 Å². The summed E-state index contributed by atoms with van der Waals surface area (Å²) in [6.45, 7) is 5.01. The van der Waals surface area contributed by atoms with Crippen molar-refractivity contribution < 1.29 is 14.3 Å². The molecule has 5 nitrogen and oxygen atoms in total. The van der Waals surface area contributed by atoms with E-state index >= 15 is 0 Å². The van der Waals surface area contributed by atoms with E-state index in [9.17, 15) is 4.79 Å². The average Bonchev–Trinajstić information content (AvgIpc) is 3.08. The molecule has 118 valence electrons. The van der Waals surface area contributed by atoms with Gasteiger partial charge in [-0.25, -0.2) is 0 Å². The minimum atomic E-state index is -0.171. The maximum Gasteiger partial charge on any atom is 0.226 e. The number of hydrogen-bond donors (Lipinski definition) is 0. The number of nitrogens with zero attached hydrogens (tertiary/aromatic N) is 2. The molecule has 0 aromatic carbocycles. The number of likely N-dealkylation sites (tertiary alicyclic amines) is 1. The van der Waals surface area contributed by atoms with E-state index in [1.54, 1.807) is 12.4 Å². The summed E-state index contributed by atoms with van der Waals surface area (Å²) in [6.07, 6.45) is 5.52. The number of amides is 1. The SMILES string of the molecule is C[C@@H]1C[C@@H]1C(=O)N1CC2(C1)OCC[C@H]2COc1cccnc1. The lowest BCUT2D eigenvalue weighted by molar-refractivity contribution is -0.168. The summed E-state index contributed by atoms with van der Waals surface area (Å²) < 4.78 is 11.8. The fraction of sp³-hybridized carbons (Fsp3) is 0.647. The second kappa shape index (κ2) is 5.23. The smallest absolute Gasteiger partial charge is 0.226 e. The predicted octanol–water partition coefficient (Wildman–Crippen LogP) is 1.73. The van der Waals surface area contributed by atoms with E-state index in [2.05, 4.69) is 11.9 Å². The Bertz CT molecular complexity index is 556. The van der Waals surface area contributed by atoms with Crippen molar-refractivity contribution in [1.29, 1.82) is 0 Å². The molecule has 0 unspecified atom stereocenters. The molecule has 1 spiro atoms. The highest BCUT2D eigenvalue weighted by atomic mass is 16.5. The third kappa shape index (κ3) is 2.37. The lowest BCUT2D eigenvalue weighted by Crippen LogP contribution is -2.67. The summed E-state index contributed by atoms with van der Waals surface area (Å²) in [5, 5.41) is 0. The molecular formula is C17H22N2O3. The van der Waals surface area contributed by atoms with Gasteiger partial charge in [-0.2, -0.15) is 0 Å². The first-order valence-electron chi connectivity index (χ1n) is 8.13. The Morgan fingerprint density at radius 3 is 3.05 bits per heavy atom. The van der Waals surface area contributed by atoms with Crippen LogP contribution >= 0.6 is 0 Å². The van der Waals surface area contributed by atoms with Gasteiger partial charge in [-0.1, -0.05) is 6.92 Å². The van der Waals surface area contributed by atoms with E-state index in [1.807, 2.05) is 17.0 Å². The molecule has 3 aliphatic rings. The van der Waals surface area contributed by atoms with Gasteiger partial charge < -0.3 is 14.4 Å². The van der Waals surface area contributed by atoms with Crippen LogP contribution in [-0.2, 0) is 9.53 Å². The molecule has 1 aromatic heterocycles. The van der Waals surface area contributed by atoms with Gasteiger partial charge in [-0.05, 0) is 30.9 Å². The highest BCUT2D eigenvalue weighted by Gasteiger charge is 2.56. The number of pyridine rings is 1. The first kappa shape index (κ1) is 14.0. The van der Waals surface area contributed by atoms with Crippen LogP contribution in [0.15, 0.2) is 24.5 Å². The van der Waals surface area contributed by atoms with Crippen LogP contribution in [0.1, 0.15) is 19.8 Å². The number of ether oxygens (including phenoxy) is 2. The number of carbonyl (C=O) groups excluding carboxylic acids is 1. The molecule has 0 bridgehead atoms. The Hall–Kier alpha value is -1.62. The zero-order valence-corrected chi connectivity index (χ0v) is 12.9. The largest absolute Gasteiger partial charge is 0.492 e. The van der Waals surface area contributed by atoms with Gasteiger partial charge in [0.1, 0.15) is 11.4 Å². The molecule has 22 heavy (non-hydrogen) atoms. The van der Waals surface area contributed by atoms with Crippen molar-refractivity contribution >= 4 is 5.91 Å². The number of aromatic nitrogens is 1. The molecule has 0 N–H and O–H groups in total. The highest BCUT2D eigenvalue weighted by Crippen LogP contribution is 2.45. The molecule has 4 rings (SSSR count). The van der Waals surface area contributed by atoms with Crippen LogP contribution in [0.25, 0.3) is 0 Å². The molecule has 3 fully saturated rings. The van der Waals surface area contributed by atoms with Crippen molar-refractivity contribution in [1.82, 2.24) is 9.88 Å². The van der Waals surface area contributed by atoms with Crippen molar-refractivity contribution in [3.8, 4) is 5.75 Å². The van der Waals surface area contributed by atoms with Gasteiger partial charge in [0.05, 0.1) is 25.9 Å². The minimum absolute atomic E-state index is 0.171. The Labute approximate surface area is 130 Å². The van der Waals surface area contributed by atoms with Gasteiger partial charge in [0.25, 0.3) is 0 Å². The van der Waals surface area contributed by atoms with Crippen LogP contribution in [0.2, 0.25) is 0 Å². The zero-order chi connectivity index (χ0) is 15.2. The molecule has 2 saturated heterocycles. The Balaban J connectivity index is 1.33. The Morgan fingerprint density at radius 2 is 2.36 bits per heavy atom. The van der Waals surface area contributed by atoms with Gasteiger partial charge in [0, 0.05) is 24.6 Å².